The number of benzene rings is 1. The highest BCUT2D eigenvalue weighted by Crippen LogP contribution is 2.15. The molecule has 0 aliphatic rings. The molecule has 0 radical (unpaired) electrons. The highest BCUT2D eigenvalue weighted by atomic mass is 32.2. The van der Waals surface area contributed by atoms with Crippen LogP contribution in [0.25, 0.3) is 0 Å². The summed E-state index contributed by atoms with van der Waals surface area (Å²) in [5.41, 5.74) is 1.13. The Morgan fingerprint density at radius 1 is 1.11 bits per heavy atom. The van der Waals surface area contributed by atoms with E-state index in [4.69, 9.17) is 9.52 Å². The van der Waals surface area contributed by atoms with Crippen LogP contribution in [0.3, 0.4) is 0 Å². The zero-order valence-corrected chi connectivity index (χ0v) is 11.5. The third kappa shape index (κ3) is 4.93. The molecule has 19 heavy (non-hydrogen) atoms. The molecule has 2 aromatic rings. The van der Waals surface area contributed by atoms with Gasteiger partial charge in [-0.1, -0.05) is 30.3 Å². The first-order chi connectivity index (χ1) is 9.38. The number of hydrogen-bond acceptors (Lipinski definition) is 4. The van der Waals surface area contributed by atoms with Crippen molar-refractivity contribution in [2.45, 2.75) is 12.4 Å². The second kappa shape index (κ2) is 7.81. The van der Waals surface area contributed by atoms with Crippen molar-refractivity contribution in [1.82, 2.24) is 0 Å². The third-order valence-electron chi connectivity index (χ3n) is 2.52. The van der Waals surface area contributed by atoms with Crippen molar-refractivity contribution >= 4 is 18.0 Å². The molecule has 3 nitrogen and oxygen atoms in total. The van der Waals surface area contributed by atoms with E-state index in [-0.39, 0.29) is 6.61 Å². The Morgan fingerprint density at radius 3 is 2.63 bits per heavy atom. The lowest BCUT2D eigenvalue weighted by molar-refractivity contribution is 0.244. The molecule has 0 unspecified atom stereocenters. The number of thioether (sulfide) groups is 1. The van der Waals surface area contributed by atoms with Gasteiger partial charge in [0, 0.05) is 18.5 Å². The van der Waals surface area contributed by atoms with Gasteiger partial charge in [-0.05, 0) is 17.7 Å². The van der Waals surface area contributed by atoms with Crippen molar-refractivity contribution in [2.24, 2.45) is 4.99 Å². The van der Waals surface area contributed by atoms with Crippen LogP contribution in [0.1, 0.15) is 17.1 Å². The molecule has 2 rings (SSSR count). The highest BCUT2D eigenvalue weighted by Gasteiger charge is 2.00. The third-order valence-corrected chi connectivity index (χ3v) is 3.48. The van der Waals surface area contributed by atoms with Gasteiger partial charge in [-0.2, -0.15) is 11.8 Å². The molecule has 0 aliphatic heterocycles. The first-order valence-corrected chi connectivity index (χ1v) is 7.35. The smallest absolute Gasteiger partial charge is 0.129 e. The van der Waals surface area contributed by atoms with E-state index in [0.717, 1.165) is 29.4 Å². The van der Waals surface area contributed by atoms with E-state index in [0.29, 0.717) is 5.76 Å². The van der Waals surface area contributed by atoms with E-state index in [1.165, 1.54) is 0 Å². The second-order valence-corrected chi connectivity index (χ2v) is 5.13. The molecular weight excluding hydrogens is 258 g/mol. The summed E-state index contributed by atoms with van der Waals surface area (Å²) in [5.74, 6) is 3.30. The lowest BCUT2D eigenvalue weighted by Gasteiger charge is -1.96. The first kappa shape index (κ1) is 13.9. The van der Waals surface area contributed by atoms with Gasteiger partial charge in [-0.15, -0.1) is 0 Å². The summed E-state index contributed by atoms with van der Waals surface area (Å²) in [6.07, 6.45) is 1.90. The molecule has 0 fully saturated rings. The summed E-state index contributed by atoms with van der Waals surface area (Å²) in [6.45, 7) is 0.763. The number of nitrogens with zero attached hydrogens (tertiary/aromatic N) is 1. The fraction of sp³-hybridized carbons (Fsp3) is 0.267. The van der Waals surface area contributed by atoms with Gasteiger partial charge in [-0.3, -0.25) is 4.99 Å². The fourth-order valence-electron chi connectivity index (χ4n) is 1.58. The van der Waals surface area contributed by atoms with Crippen LogP contribution in [0.4, 0.5) is 0 Å². The largest absolute Gasteiger partial charge is 0.463 e. The number of aliphatic imine (C=N–C) groups is 1. The van der Waals surface area contributed by atoms with Gasteiger partial charge in [0.25, 0.3) is 0 Å². The van der Waals surface area contributed by atoms with Crippen molar-refractivity contribution in [1.29, 1.82) is 0 Å². The molecule has 4 heteroatoms. The predicted molar refractivity (Wildman–Crippen MR) is 79.7 cm³/mol. The second-order valence-electron chi connectivity index (χ2n) is 4.02. The van der Waals surface area contributed by atoms with Crippen molar-refractivity contribution < 1.29 is 9.52 Å². The minimum absolute atomic E-state index is 0.0357. The molecular formula is C15H17NO2S. The zero-order chi connectivity index (χ0) is 13.3. The van der Waals surface area contributed by atoms with Crippen LogP contribution >= 0.6 is 11.8 Å². The van der Waals surface area contributed by atoms with Crippen molar-refractivity contribution in [3.8, 4) is 0 Å². The first-order valence-electron chi connectivity index (χ1n) is 6.19. The van der Waals surface area contributed by atoms with Gasteiger partial charge in [-0.25, -0.2) is 0 Å². The highest BCUT2D eigenvalue weighted by molar-refractivity contribution is 7.98. The summed E-state index contributed by atoms with van der Waals surface area (Å²) >= 11 is 1.78. The zero-order valence-electron chi connectivity index (χ0n) is 10.7. The molecule has 1 aromatic heterocycles. The topological polar surface area (TPSA) is 45.7 Å². The van der Waals surface area contributed by atoms with E-state index in [1.807, 2.05) is 48.7 Å². The van der Waals surface area contributed by atoms with E-state index < -0.39 is 0 Å². The van der Waals surface area contributed by atoms with Crippen LogP contribution in [-0.2, 0) is 12.4 Å². The maximum absolute atomic E-state index is 8.88. The predicted octanol–water partition coefficient (Wildman–Crippen LogP) is 3.12. The number of rotatable bonds is 7. The average molecular weight is 275 g/mol. The molecule has 1 aromatic carbocycles. The number of aliphatic hydroxyl groups excluding tert-OH is 1. The normalized spacial score (nSPS) is 11.2. The quantitative estimate of drug-likeness (QED) is 0.624. The molecule has 0 aliphatic carbocycles. The molecule has 0 saturated heterocycles. The Bertz CT molecular complexity index is 508. The van der Waals surface area contributed by atoms with Crippen LogP contribution in [0.2, 0.25) is 0 Å². The Balaban J connectivity index is 1.63. The van der Waals surface area contributed by atoms with Gasteiger partial charge in [0.1, 0.15) is 18.1 Å². The van der Waals surface area contributed by atoms with E-state index in [2.05, 4.69) is 4.99 Å². The molecule has 1 heterocycles. The van der Waals surface area contributed by atoms with Crippen molar-refractivity contribution in [2.75, 3.05) is 12.3 Å². The van der Waals surface area contributed by atoms with E-state index >= 15 is 0 Å². The standard InChI is InChI=1S/C15H17NO2S/c17-11-14-6-7-15(18-14)12-19-9-8-16-10-13-4-2-1-3-5-13/h1-7,10,17H,8-9,11-12H2. The Hall–Kier alpha value is -1.52. The molecule has 0 amide bonds. The van der Waals surface area contributed by atoms with E-state index in [1.54, 1.807) is 11.8 Å². The van der Waals surface area contributed by atoms with Crippen LogP contribution in [0, 0.1) is 0 Å². The van der Waals surface area contributed by atoms with Crippen molar-refractivity contribution in [3.05, 3.63) is 59.5 Å². The Morgan fingerprint density at radius 2 is 1.89 bits per heavy atom. The Kier molecular flexibility index (Phi) is 5.72. The Labute approximate surface area is 117 Å². The SMILES string of the molecule is OCc1ccc(CSCCN=Cc2ccccc2)o1. The summed E-state index contributed by atoms with van der Waals surface area (Å²) in [5, 5.41) is 8.88. The number of aliphatic hydroxyl groups is 1. The maximum atomic E-state index is 8.88. The van der Waals surface area contributed by atoms with Crippen LogP contribution < -0.4 is 0 Å². The molecule has 1 N–H and O–H groups in total. The van der Waals surface area contributed by atoms with Crippen molar-refractivity contribution in [3.63, 3.8) is 0 Å². The number of furan rings is 1. The summed E-state index contributed by atoms with van der Waals surface area (Å²) in [7, 11) is 0. The minimum Gasteiger partial charge on any atom is -0.463 e. The van der Waals surface area contributed by atoms with Gasteiger partial charge in [0.2, 0.25) is 0 Å². The summed E-state index contributed by atoms with van der Waals surface area (Å²) < 4.78 is 5.40. The monoisotopic (exact) mass is 275 g/mol. The molecule has 0 atom stereocenters. The van der Waals surface area contributed by atoms with Crippen LogP contribution in [0.5, 0.6) is 0 Å². The average Bonchev–Trinajstić information content (AvgIpc) is 2.92. The van der Waals surface area contributed by atoms with Crippen LogP contribution in [-0.4, -0.2) is 23.6 Å². The van der Waals surface area contributed by atoms with Gasteiger partial charge >= 0.3 is 0 Å². The molecule has 0 spiro atoms. The van der Waals surface area contributed by atoms with Crippen LogP contribution in [0.15, 0.2) is 51.9 Å². The minimum atomic E-state index is -0.0357. The van der Waals surface area contributed by atoms with Gasteiger partial charge in [0.15, 0.2) is 0 Å². The molecule has 0 bridgehead atoms. The molecule has 100 valence electrons. The van der Waals surface area contributed by atoms with Gasteiger partial charge < -0.3 is 9.52 Å². The fourth-order valence-corrected chi connectivity index (χ4v) is 2.32. The summed E-state index contributed by atoms with van der Waals surface area (Å²) in [6, 6.07) is 13.8. The van der Waals surface area contributed by atoms with E-state index in [9.17, 15) is 0 Å². The number of hydrogen-bond donors (Lipinski definition) is 1. The van der Waals surface area contributed by atoms with Gasteiger partial charge in [0.05, 0.1) is 5.75 Å². The lowest BCUT2D eigenvalue weighted by atomic mass is 10.2. The lowest BCUT2D eigenvalue weighted by Crippen LogP contribution is -1.88. The molecule has 0 saturated carbocycles. The maximum Gasteiger partial charge on any atom is 0.129 e. The summed E-state index contributed by atoms with van der Waals surface area (Å²) in [4.78, 5) is 4.38.